The first kappa shape index (κ1) is 18.9. The average molecular weight is 399 g/mol. The minimum absolute atomic E-state index is 0.140. The first-order valence-corrected chi connectivity index (χ1v) is 11.8. The van der Waals surface area contributed by atoms with Gasteiger partial charge in [0.2, 0.25) is 0 Å². The number of fused-ring (bicyclic) bond motifs is 6. The van der Waals surface area contributed by atoms with Gasteiger partial charge < -0.3 is 18.9 Å². The Hall–Kier alpha value is -0.860. The van der Waals surface area contributed by atoms with E-state index in [0.29, 0.717) is 17.8 Å². The van der Waals surface area contributed by atoms with Gasteiger partial charge in [-0.25, -0.2) is 0 Å². The number of terminal acetylenes is 1. The van der Waals surface area contributed by atoms with E-state index in [-0.39, 0.29) is 22.4 Å². The van der Waals surface area contributed by atoms with E-state index in [2.05, 4.69) is 18.9 Å². The zero-order chi connectivity index (χ0) is 19.7. The van der Waals surface area contributed by atoms with E-state index in [4.69, 9.17) is 25.4 Å². The lowest BCUT2D eigenvalue weighted by Crippen LogP contribution is -2.56. The minimum Gasteiger partial charge on any atom is -0.347 e. The largest absolute Gasteiger partial charge is 0.347 e. The maximum atomic E-state index is 6.29. The van der Waals surface area contributed by atoms with Crippen LogP contribution >= 0.6 is 0 Å². The topological polar surface area (TPSA) is 36.9 Å². The Morgan fingerprint density at radius 3 is 2.45 bits per heavy atom. The zero-order valence-corrected chi connectivity index (χ0v) is 17.7. The molecule has 5 atom stereocenters. The molecule has 0 amide bonds. The lowest BCUT2D eigenvalue weighted by atomic mass is 9.46. The van der Waals surface area contributed by atoms with Crippen LogP contribution in [0.1, 0.15) is 64.7 Å². The predicted molar refractivity (Wildman–Crippen MR) is 109 cm³/mol. The van der Waals surface area contributed by atoms with Gasteiger partial charge in [0, 0.05) is 36.5 Å². The summed E-state index contributed by atoms with van der Waals surface area (Å²) in [5, 5.41) is 0. The fourth-order valence-corrected chi connectivity index (χ4v) is 8.55. The minimum atomic E-state index is -0.372. The molecule has 2 spiro atoms. The molecule has 0 bridgehead atoms. The highest BCUT2D eigenvalue weighted by Crippen LogP contribution is 2.69. The van der Waals surface area contributed by atoms with Crippen LogP contribution in [0.3, 0.4) is 0 Å². The fraction of sp³-hybridized carbons (Fsp3) is 0.840. The highest BCUT2D eigenvalue weighted by atomic mass is 16.7. The Bertz CT molecular complexity index is 753. The molecule has 3 saturated carbocycles. The summed E-state index contributed by atoms with van der Waals surface area (Å²) < 4.78 is 24.8. The Labute approximate surface area is 174 Å². The summed E-state index contributed by atoms with van der Waals surface area (Å²) in [7, 11) is 0. The van der Waals surface area contributed by atoms with Crippen LogP contribution in [0, 0.1) is 40.9 Å². The molecule has 6 aliphatic rings. The van der Waals surface area contributed by atoms with Gasteiger partial charge in [0.15, 0.2) is 11.6 Å². The predicted octanol–water partition coefficient (Wildman–Crippen LogP) is 4.44. The monoisotopic (exact) mass is 398 g/mol. The third kappa shape index (κ3) is 2.37. The number of hydrogen-bond donors (Lipinski definition) is 0. The van der Waals surface area contributed by atoms with E-state index in [1.807, 2.05) is 0 Å². The molecule has 4 nitrogen and oxygen atoms in total. The fourth-order valence-electron chi connectivity index (χ4n) is 8.55. The average Bonchev–Trinajstić information content (AvgIpc) is 3.44. The van der Waals surface area contributed by atoms with E-state index in [9.17, 15) is 0 Å². The number of allylic oxidation sites excluding steroid dienone is 1. The number of ether oxygens (including phenoxy) is 4. The van der Waals surface area contributed by atoms with E-state index in [1.165, 1.54) is 31.3 Å². The van der Waals surface area contributed by atoms with Gasteiger partial charge >= 0.3 is 0 Å². The SMILES string of the molecule is C#CC[C@]12CCC3(CC1=CC[C@@H]1[C@@H]2CC[C@@]2(C)[C@H]1CCC21OCCO1)OCCO3. The molecule has 4 heteroatoms. The summed E-state index contributed by atoms with van der Waals surface area (Å²) in [5.41, 5.74) is 1.82. The molecule has 6 rings (SSSR count). The number of hydrogen-bond acceptors (Lipinski definition) is 4. The summed E-state index contributed by atoms with van der Waals surface area (Å²) in [4.78, 5) is 0. The van der Waals surface area contributed by atoms with Crippen molar-refractivity contribution in [2.75, 3.05) is 26.4 Å². The standard InChI is InChI=1S/C25H34O4/c1-3-8-23-11-12-24(26-13-14-27-24)17-18(23)4-5-19-20-7-10-25(28-15-16-29-25)22(20,2)9-6-21(19)23/h1,4,19-21H,5-17H2,2H3/t19-,20-,21-,22-,23-/m0/s1. The molecule has 158 valence electrons. The molecule has 5 fully saturated rings. The van der Waals surface area contributed by atoms with E-state index in [0.717, 1.165) is 58.5 Å². The third-order valence-electron chi connectivity index (χ3n) is 9.86. The maximum Gasteiger partial charge on any atom is 0.174 e. The first-order valence-electron chi connectivity index (χ1n) is 11.8. The normalized spacial score (nSPS) is 46.8. The smallest absolute Gasteiger partial charge is 0.174 e. The lowest BCUT2D eigenvalue weighted by Gasteiger charge is -2.60. The van der Waals surface area contributed by atoms with Gasteiger partial charge in [-0.05, 0) is 49.9 Å². The lowest BCUT2D eigenvalue weighted by molar-refractivity contribution is -0.244. The van der Waals surface area contributed by atoms with Gasteiger partial charge in [-0.15, -0.1) is 12.3 Å². The van der Waals surface area contributed by atoms with Crippen LogP contribution in [0.25, 0.3) is 0 Å². The molecular formula is C25H34O4. The van der Waals surface area contributed by atoms with Crippen molar-refractivity contribution >= 4 is 0 Å². The van der Waals surface area contributed by atoms with Gasteiger partial charge in [-0.3, -0.25) is 0 Å². The Balaban J connectivity index is 1.35. The molecule has 0 unspecified atom stereocenters. The van der Waals surface area contributed by atoms with Crippen molar-refractivity contribution in [3.63, 3.8) is 0 Å². The molecular weight excluding hydrogens is 364 g/mol. The molecule has 2 heterocycles. The van der Waals surface area contributed by atoms with Crippen molar-refractivity contribution in [3.8, 4) is 12.3 Å². The van der Waals surface area contributed by atoms with Crippen LogP contribution < -0.4 is 0 Å². The molecule has 0 aromatic heterocycles. The van der Waals surface area contributed by atoms with Gasteiger partial charge in [0.1, 0.15) is 0 Å². The van der Waals surface area contributed by atoms with Crippen LogP contribution in [0.4, 0.5) is 0 Å². The Morgan fingerprint density at radius 2 is 1.69 bits per heavy atom. The second-order valence-electron chi connectivity index (χ2n) is 10.6. The summed E-state index contributed by atoms with van der Waals surface area (Å²) in [6.45, 7) is 5.41. The van der Waals surface area contributed by atoms with Crippen molar-refractivity contribution in [1.82, 2.24) is 0 Å². The quantitative estimate of drug-likeness (QED) is 0.483. The van der Waals surface area contributed by atoms with Gasteiger partial charge in [0.05, 0.1) is 26.4 Å². The van der Waals surface area contributed by atoms with Gasteiger partial charge in [0.25, 0.3) is 0 Å². The van der Waals surface area contributed by atoms with Crippen LogP contribution in [0.2, 0.25) is 0 Å². The first-order chi connectivity index (χ1) is 14.1. The summed E-state index contributed by atoms with van der Waals surface area (Å²) in [5.74, 6) is 4.42. The molecule has 0 aromatic carbocycles. The second kappa shape index (κ2) is 6.33. The third-order valence-corrected chi connectivity index (χ3v) is 9.86. The van der Waals surface area contributed by atoms with E-state index >= 15 is 0 Å². The zero-order valence-electron chi connectivity index (χ0n) is 17.7. The van der Waals surface area contributed by atoms with E-state index < -0.39 is 0 Å². The van der Waals surface area contributed by atoms with Crippen LogP contribution in [0.15, 0.2) is 11.6 Å². The Morgan fingerprint density at radius 1 is 0.966 bits per heavy atom. The highest BCUT2D eigenvalue weighted by molar-refractivity contribution is 5.30. The molecule has 0 aromatic rings. The van der Waals surface area contributed by atoms with Crippen LogP contribution in [-0.4, -0.2) is 38.0 Å². The molecule has 0 radical (unpaired) electrons. The van der Waals surface area contributed by atoms with Gasteiger partial charge in [-0.1, -0.05) is 18.6 Å². The molecule has 2 saturated heterocycles. The highest BCUT2D eigenvalue weighted by Gasteiger charge is 2.67. The van der Waals surface area contributed by atoms with Crippen molar-refractivity contribution < 1.29 is 18.9 Å². The van der Waals surface area contributed by atoms with Crippen molar-refractivity contribution in [2.45, 2.75) is 76.3 Å². The van der Waals surface area contributed by atoms with Crippen LogP contribution in [0.5, 0.6) is 0 Å². The van der Waals surface area contributed by atoms with Crippen molar-refractivity contribution in [2.24, 2.45) is 28.6 Å². The molecule has 4 aliphatic carbocycles. The van der Waals surface area contributed by atoms with Gasteiger partial charge in [-0.2, -0.15) is 0 Å². The second-order valence-corrected chi connectivity index (χ2v) is 10.6. The molecule has 2 aliphatic heterocycles. The summed E-state index contributed by atoms with van der Waals surface area (Å²) in [6.07, 6.45) is 18.2. The molecule has 0 N–H and O–H groups in total. The van der Waals surface area contributed by atoms with Crippen molar-refractivity contribution in [1.29, 1.82) is 0 Å². The Kier molecular flexibility index (Phi) is 4.12. The summed E-state index contributed by atoms with van der Waals surface area (Å²) in [6, 6.07) is 0. The molecule has 29 heavy (non-hydrogen) atoms. The summed E-state index contributed by atoms with van der Waals surface area (Å²) >= 11 is 0. The van der Waals surface area contributed by atoms with Crippen molar-refractivity contribution in [3.05, 3.63) is 11.6 Å². The van der Waals surface area contributed by atoms with E-state index in [1.54, 1.807) is 0 Å². The van der Waals surface area contributed by atoms with Crippen LogP contribution in [-0.2, 0) is 18.9 Å². The maximum absolute atomic E-state index is 6.29. The number of rotatable bonds is 1.